The second-order valence-electron chi connectivity index (χ2n) is 8.16. The molecule has 3 amide bonds. The van der Waals surface area contributed by atoms with Gasteiger partial charge in [-0.15, -0.1) is 0 Å². The van der Waals surface area contributed by atoms with Gasteiger partial charge in [0.25, 0.3) is 5.91 Å². The molecule has 1 aliphatic rings. The average molecular weight is 539 g/mol. The van der Waals surface area contributed by atoms with Crippen LogP contribution in [0.5, 0.6) is 5.75 Å². The lowest BCUT2D eigenvalue weighted by Crippen LogP contribution is -2.36. The van der Waals surface area contributed by atoms with Crippen molar-refractivity contribution in [2.45, 2.75) is 45.9 Å². The normalized spacial score (nSPS) is 15.4. The molecule has 2 rings (SSSR count). The molecule has 0 saturated heterocycles. The smallest absolute Gasteiger partial charge is 0.413 e. The summed E-state index contributed by atoms with van der Waals surface area (Å²) >= 11 is 0. The molecule has 38 heavy (non-hydrogen) atoms. The minimum atomic E-state index is -4.44. The van der Waals surface area contributed by atoms with Crippen molar-refractivity contribution in [3.8, 4) is 5.75 Å². The van der Waals surface area contributed by atoms with Crippen molar-refractivity contribution < 1.29 is 36.7 Å². The minimum absolute atomic E-state index is 0.0325. The molecule has 1 atom stereocenters. The van der Waals surface area contributed by atoms with Crippen LogP contribution in [0.15, 0.2) is 77.0 Å². The Morgan fingerprint density at radius 2 is 2.00 bits per heavy atom. The molecule has 8 nitrogen and oxygen atoms in total. The van der Waals surface area contributed by atoms with Crippen LogP contribution in [0.1, 0.15) is 44.1 Å². The lowest BCUT2D eigenvalue weighted by molar-refractivity contribution is -0.0935. The number of halogens is 4. The number of urea groups is 1. The molecule has 3 N–H and O–H groups in total. The fourth-order valence-electron chi connectivity index (χ4n) is 3.32. The van der Waals surface area contributed by atoms with Crippen molar-refractivity contribution in [1.29, 1.82) is 0 Å². The number of allylic oxidation sites excluding steroid dienone is 6. The Morgan fingerprint density at radius 1 is 1.26 bits per heavy atom. The van der Waals surface area contributed by atoms with Crippen LogP contribution in [0.2, 0.25) is 0 Å². The van der Waals surface area contributed by atoms with Gasteiger partial charge >= 0.3 is 12.2 Å². The molecule has 1 heterocycles. The first-order chi connectivity index (χ1) is 17.9. The van der Waals surface area contributed by atoms with E-state index < -0.39 is 35.6 Å². The average Bonchev–Trinajstić information content (AvgIpc) is 3.04. The molecule has 12 heteroatoms. The van der Waals surface area contributed by atoms with Crippen molar-refractivity contribution in [3.63, 3.8) is 0 Å². The minimum Gasteiger partial charge on any atom is -0.486 e. The summed E-state index contributed by atoms with van der Waals surface area (Å²) in [5.74, 6) is -1.09. The number of hydrogen-bond donors (Lipinski definition) is 3. The van der Waals surface area contributed by atoms with Crippen LogP contribution in [0.3, 0.4) is 0 Å². The zero-order valence-corrected chi connectivity index (χ0v) is 21.4. The summed E-state index contributed by atoms with van der Waals surface area (Å²) in [4.78, 5) is 32.7. The molecule has 0 saturated carbocycles. The molecule has 0 spiro atoms. The number of nitrogens with one attached hydrogen (secondary N) is 3. The van der Waals surface area contributed by atoms with Crippen LogP contribution >= 0.6 is 0 Å². The van der Waals surface area contributed by atoms with Gasteiger partial charge in [-0.05, 0) is 50.0 Å². The number of hydrogen-bond acceptors (Lipinski definition) is 5. The molecule has 0 bridgehead atoms. The molecule has 1 aliphatic carbocycles. The fraction of sp³-hybridized carbons (Fsp3) is 0.346. The van der Waals surface area contributed by atoms with E-state index in [0.29, 0.717) is 12.0 Å². The van der Waals surface area contributed by atoms with E-state index in [1.165, 1.54) is 56.7 Å². The van der Waals surface area contributed by atoms with Crippen LogP contribution in [0.4, 0.5) is 22.4 Å². The van der Waals surface area contributed by atoms with E-state index in [0.717, 1.165) is 6.08 Å². The van der Waals surface area contributed by atoms with Gasteiger partial charge in [-0.3, -0.25) is 14.6 Å². The highest BCUT2D eigenvalue weighted by Crippen LogP contribution is 2.33. The third kappa shape index (κ3) is 9.51. The molecule has 1 aromatic heterocycles. The Labute approximate surface area is 218 Å². The topological polar surface area (TPSA) is 102 Å². The molecule has 0 aromatic carbocycles. The number of carbonyl (C=O) groups is 2. The number of ether oxygens (including phenoxy) is 1. The number of alkyl halides is 3. The number of pyridine rings is 1. The monoisotopic (exact) mass is 538 g/mol. The van der Waals surface area contributed by atoms with Gasteiger partial charge in [0.15, 0.2) is 0 Å². The Kier molecular flexibility index (Phi) is 11.3. The van der Waals surface area contributed by atoms with Crippen LogP contribution in [0, 0.1) is 0 Å². The molecular formula is C26H30F4N4O4. The summed E-state index contributed by atoms with van der Waals surface area (Å²) in [7, 11) is 1.28. The van der Waals surface area contributed by atoms with Crippen LogP contribution in [-0.2, 0) is 4.84 Å². The lowest BCUT2D eigenvalue weighted by atomic mass is 10.1. The standard InChI is InChI=1S/C26H30F4N4O4/c1-5-6-22(21(27)13-17(3)38-19-11-12-31-23(14-19)24(35)34-37-4)33-25(36)32-15-18-8-7-16(2)20(10-9-18)26(28,29)30/h6-9,11-14,17H,5,10,15H2,1-4H3,(H,34,35)(H2,32,33,36)/b21-13+,22-6+. The van der Waals surface area contributed by atoms with E-state index in [2.05, 4.69) is 25.9 Å². The van der Waals surface area contributed by atoms with E-state index >= 15 is 0 Å². The lowest BCUT2D eigenvalue weighted by Gasteiger charge is -2.14. The summed E-state index contributed by atoms with van der Waals surface area (Å²) in [5.41, 5.74) is 2.00. The van der Waals surface area contributed by atoms with E-state index in [4.69, 9.17) is 4.74 Å². The SMILES string of the molecule is CC/C=C(NC(=O)NCC1=CCC(C(F)(F)F)=C(C)C=C1)\C(F)=C/C(C)Oc1ccnc(C(=O)NOC)c1. The third-order valence-electron chi connectivity index (χ3n) is 5.16. The Morgan fingerprint density at radius 3 is 2.66 bits per heavy atom. The molecule has 0 radical (unpaired) electrons. The first-order valence-corrected chi connectivity index (χ1v) is 11.7. The first-order valence-electron chi connectivity index (χ1n) is 11.7. The molecule has 1 unspecified atom stereocenters. The van der Waals surface area contributed by atoms with Crippen molar-refractivity contribution in [1.82, 2.24) is 21.1 Å². The third-order valence-corrected chi connectivity index (χ3v) is 5.16. The molecule has 1 aromatic rings. The van der Waals surface area contributed by atoms with Gasteiger partial charge in [0, 0.05) is 24.4 Å². The number of carbonyl (C=O) groups excluding carboxylic acids is 2. The highest BCUT2D eigenvalue weighted by molar-refractivity contribution is 5.91. The van der Waals surface area contributed by atoms with E-state index in [1.54, 1.807) is 13.8 Å². The number of rotatable bonds is 10. The highest BCUT2D eigenvalue weighted by Gasteiger charge is 2.34. The van der Waals surface area contributed by atoms with Gasteiger partial charge in [0.05, 0.1) is 12.8 Å². The molecule has 0 fully saturated rings. The van der Waals surface area contributed by atoms with Crippen molar-refractivity contribution in [2.75, 3.05) is 13.7 Å². The zero-order chi connectivity index (χ0) is 28.3. The van der Waals surface area contributed by atoms with Gasteiger partial charge in [-0.2, -0.15) is 13.2 Å². The second-order valence-corrected chi connectivity index (χ2v) is 8.16. The van der Waals surface area contributed by atoms with Crippen LogP contribution in [0.25, 0.3) is 0 Å². The van der Waals surface area contributed by atoms with Gasteiger partial charge in [-0.25, -0.2) is 14.7 Å². The van der Waals surface area contributed by atoms with Crippen molar-refractivity contribution in [2.24, 2.45) is 0 Å². The maximum absolute atomic E-state index is 15.0. The predicted octanol–water partition coefficient (Wildman–Crippen LogP) is 5.35. The summed E-state index contributed by atoms with van der Waals surface area (Å²) < 4.78 is 59.9. The van der Waals surface area contributed by atoms with E-state index in [1.807, 2.05) is 0 Å². The largest absolute Gasteiger partial charge is 0.486 e. The molecule has 0 aliphatic heterocycles. The van der Waals surface area contributed by atoms with Crippen LogP contribution in [-0.4, -0.2) is 42.9 Å². The Hall–Kier alpha value is -3.93. The van der Waals surface area contributed by atoms with E-state index in [-0.39, 0.29) is 35.7 Å². The molecule has 206 valence electrons. The Balaban J connectivity index is 1.99. The van der Waals surface area contributed by atoms with Gasteiger partial charge < -0.3 is 15.4 Å². The quantitative estimate of drug-likeness (QED) is 0.212. The maximum Gasteiger partial charge on any atom is 0.413 e. The summed E-state index contributed by atoms with van der Waals surface area (Å²) in [6, 6.07) is 2.12. The second kappa shape index (κ2) is 14.1. The summed E-state index contributed by atoms with van der Waals surface area (Å²) in [5, 5.41) is 4.94. The van der Waals surface area contributed by atoms with Crippen molar-refractivity contribution >= 4 is 11.9 Å². The number of amides is 3. The highest BCUT2D eigenvalue weighted by atomic mass is 19.4. The van der Waals surface area contributed by atoms with Gasteiger partial charge in [-0.1, -0.05) is 31.2 Å². The predicted molar refractivity (Wildman–Crippen MR) is 133 cm³/mol. The zero-order valence-electron chi connectivity index (χ0n) is 21.4. The number of hydroxylamine groups is 1. The Bertz CT molecular complexity index is 1170. The maximum atomic E-state index is 15.0. The van der Waals surface area contributed by atoms with Crippen molar-refractivity contribution in [3.05, 3.63) is 82.6 Å². The van der Waals surface area contributed by atoms with E-state index in [9.17, 15) is 27.2 Å². The van der Waals surface area contributed by atoms with Gasteiger partial charge in [0.2, 0.25) is 0 Å². The van der Waals surface area contributed by atoms with Crippen LogP contribution < -0.4 is 20.9 Å². The van der Waals surface area contributed by atoms with Gasteiger partial charge in [0.1, 0.15) is 23.4 Å². The summed E-state index contributed by atoms with van der Waals surface area (Å²) in [6.07, 6.45) is 3.06. The molecular weight excluding hydrogens is 508 g/mol. The first kappa shape index (κ1) is 30.3. The number of nitrogens with zero attached hydrogens (tertiary/aromatic N) is 1. The fourth-order valence-corrected chi connectivity index (χ4v) is 3.32. The summed E-state index contributed by atoms with van der Waals surface area (Å²) in [6.45, 7) is 4.65. The number of aromatic nitrogens is 1.